The molecule has 1 N–H and O–H groups in total. The number of nitrogens with zero attached hydrogens (tertiary/aromatic N) is 1. The third-order valence-electron chi connectivity index (χ3n) is 4.13. The lowest BCUT2D eigenvalue weighted by Gasteiger charge is -2.21. The Labute approximate surface area is 145 Å². The van der Waals surface area contributed by atoms with E-state index in [0.717, 1.165) is 6.54 Å². The van der Waals surface area contributed by atoms with Crippen molar-refractivity contribution in [1.82, 2.24) is 10.2 Å². The molecule has 0 bridgehead atoms. The minimum Gasteiger partial charge on any atom is -0.337 e. The first-order valence-electron chi connectivity index (χ1n) is 8.61. The first kappa shape index (κ1) is 18.1. The van der Waals surface area contributed by atoms with Gasteiger partial charge < -0.3 is 10.2 Å². The molecule has 0 fully saturated rings. The van der Waals surface area contributed by atoms with Crippen molar-refractivity contribution in [1.29, 1.82) is 0 Å². The number of amides is 2. The van der Waals surface area contributed by atoms with Crippen LogP contribution in [0.4, 0.5) is 4.79 Å². The van der Waals surface area contributed by atoms with Gasteiger partial charge in [-0.3, -0.25) is 0 Å². The average molecular weight is 324 g/mol. The third kappa shape index (κ3) is 5.12. The molecule has 1 atom stereocenters. The van der Waals surface area contributed by atoms with Gasteiger partial charge in [-0.05, 0) is 28.5 Å². The summed E-state index contributed by atoms with van der Waals surface area (Å²) in [5.41, 5.74) is 3.68. The van der Waals surface area contributed by atoms with Gasteiger partial charge >= 0.3 is 6.03 Å². The molecule has 2 amide bonds. The monoisotopic (exact) mass is 324 g/mol. The number of carbonyl (C=O) groups excluding carboxylic acids is 1. The van der Waals surface area contributed by atoms with Gasteiger partial charge in [0.1, 0.15) is 0 Å². The first-order chi connectivity index (χ1) is 11.5. The van der Waals surface area contributed by atoms with E-state index in [1.165, 1.54) is 16.7 Å². The molecule has 0 spiro atoms. The molecule has 24 heavy (non-hydrogen) atoms. The number of carbonyl (C=O) groups is 1. The molecular weight excluding hydrogens is 296 g/mol. The van der Waals surface area contributed by atoms with Gasteiger partial charge in [0, 0.05) is 20.1 Å². The second-order valence-electron chi connectivity index (χ2n) is 6.85. The van der Waals surface area contributed by atoms with Crippen molar-refractivity contribution in [2.75, 3.05) is 20.1 Å². The van der Waals surface area contributed by atoms with Gasteiger partial charge in [0.2, 0.25) is 0 Å². The molecule has 0 aromatic heterocycles. The number of urea groups is 1. The molecule has 2 aromatic carbocycles. The van der Waals surface area contributed by atoms with Crippen LogP contribution in [0.15, 0.2) is 54.6 Å². The van der Waals surface area contributed by atoms with Crippen LogP contribution >= 0.6 is 0 Å². The van der Waals surface area contributed by atoms with Crippen molar-refractivity contribution >= 4 is 6.03 Å². The van der Waals surface area contributed by atoms with Gasteiger partial charge in [-0.25, -0.2) is 4.79 Å². The fourth-order valence-electron chi connectivity index (χ4n) is 2.76. The van der Waals surface area contributed by atoms with Crippen molar-refractivity contribution in [2.45, 2.75) is 26.7 Å². The molecule has 128 valence electrons. The summed E-state index contributed by atoms with van der Waals surface area (Å²) in [4.78, 5) is 13.8. The van der Waals surface area contributed by atoms with Crippen molar-refractivity contribution in [3.8, 4) is 11.1 Å². The molecule has 2 rings (SSSR count). The molecule has 3 heteroatoms. The van der Waals surface area contributed by atoms with Crippen molar-refractivity contribution in [2.24, 2.45) is 5.92 Å². The fourth-order valence-corrected chi connectivity index (χ4v) is 2.76. The van der Waals surface area contributed by atoms with Gasteiger partial charge in [0.25, 0.3) is 0 Å². The minimum absolute atomic E-state index is 0.00328. The van der Waals surface area contributed by atoms with E-state index in [-0.39, 0.29) is 11.9 Å². The molecule has 0 radical (unpaired) electrons. The van der Waals surface area contributed by atoms with Crippen LogP contribution in [-0.4, -0.2) is 31.1 Å². The second kappa shape index (κ2) is 8.53. The number of hydrogen-bond donors (Lipinski definition) is 1. The maximum atomic E-state index is 12.1. The van der Waals surface area contributed by atoms with Crippen LogP contribution in [0.5, 0.6) is 0 Å². The average Bonchev–Trinajstić information content (AvgIpc) is 2.59. The molecule has 0 saturated carbocycles. The third-order valence-corrected chi connectivity index (χ3v) is 4.13. The smallest absolute Gasteiger partial charge is 0.317 e. The lowest BCUT2D eigenvalue weighted by atomic mass is 9.97. The van der Waals surface area contributed by atoms with Gasteiger partial charge in [0.15, 0.2) is 0 Å². The molecule has 1 unspecified atom stereocenters. The number of hydrogen-bond acceptors (Lipinski definition) is 1. The number of nitrogens with one attached hydrogen (secondary N) is 1. The van der Waals surface area contributed by atoms with Gasteiger partial charge in [-0.2, -0.15) is 0 Å². The lowest BCUT2D eigenvalue weighted by molar-refractivity contribution is 0.203. The molecule has 3 nitrogen and oxygen atoms in total. The van der Waals surface area contributed by atoms with E-state index in [4.69, 9.17) is 0 Å². The fraction of sp³-hybridized carbons (Fsp3) is 0.381. The number of benzene rings is 2. The predicted molar refractivity (Wildman–Crippen MR) is 101 cm³/mol. The standard InChI is InChI=1S/C21H28N2O/c1-16(2)15-23(4)21(24)22-14-17(3)18-10-12-20(13-11-18)19-8-6-5-7-9-19/h5-13,16-17H,14-15H2,1-4H3,(H,22,24). The Balaban J connectivity index is 1.91. The van der Waals surface area contributed by atoms with E-state index in [1.807, 2.05) is 13.1 Å². The maximum absolute atomic E-state index is 12.1. The summed E-state index contributed by atoms with van der Waals surface area (Å²) in [5.74, 6) is 0.759. The Morgan fingerprint density at radius 2 is 1.54 bits per heavy atom. The highest BCUT2D eigenvalue weighted by Gasteiger charge is 2.12. The van der Waals surface area contributed by atoms with Crippen molar-refractivity contribution < 1.29 is 4.79 Å². The zero-order chi connectivity index (χ0) is 17.5. The molecular formula is C21H28N2O. The highest BCUT2D eigenvalue weighted by molar-refractivity contribution is 5.73. The van der Waals surface area contributed by atoms with Crippen LogP contribution < -0.4 is 5.32 Å². The highest BCUT2D eigenvalue weighted by Crippen LogP contribution is 2.22. The van der Waals surface area contributed by atoms with Gasteiger partial charge in [-0.1, -0.05) is 75.4 Å². The molecule has 2 aromatic rings. The van der Waals surface area contributed by atoms with Crippen LogP contribution in [0.1, 0.15) is 32.3 Å². The zero-order valence-corrected chi connectivity index (χ0v) is 15.1. The van der Waals surface area contributed by atoms with Crippen molar-refractivity contribution in [3.05, 3.63) is 60.2 Å². The van der Waals surface area contributed by atoms with Crippen molar-refractivity contribution in [3.63, 3.8) is 0 Å². The van der Waals surface area contributed by atoms with E-state index in [1.54, 1.807) is 4.90 Å². The van der Waals surface area contributed by atoms with E-state index >= 15 is 0 Å². The number of rotatable bonds is 6. The second-order valence-corrected chi connectivity index (χ2v) is 6.85. The highest BCUT2D eigenvalue weighted by atomic mass is 16.2. The van der Waals surface area contributed by atoms with E-state index < -0.39 is 0 Å². The summed E-state index contributed by atoms with van der Waals surface area (Å²) in [6, 6.07) is 18.9. The SMILES string of the molecule is CC(C)CN(C)C(=O)NCC(C)c1ccc(-c2ccccc2)cc1. The quantitative estimate of drug-likeness (QED) is 0.817. The summed E-state index contributed by atoms with van der Waals surface area (Å²) in [6.45, 7) is 7.78. The topological polar surface area (TPSA) is 32.3 Å². The summed E-state index contributed by atoms with van der Waals surface area (Å²) in [7, 11) is 1.84. The van der Waals surface area contributed by atoms with E-state index in [0.29, 0.717) is 12.5 Å². The molecule has 0 aliphatic carbocycles. The van der Waals surface area contributed by atoms with Crippen LogP contribution in [0, 0.1) is 5.92 Å². The normalized spacial score (nSPS) is 12.0. The first-order valence-corrected chi connectivity index (χ1v) is 8.61. The Kier molecular flexibility index (Phi) is 6.42. The summed E-state index contributed by atoms with van der Waals surface area (Å²) in [5, 5.41) is 3.02. The maximum Gasteiger partial charge on any atom is 0.317 e. The van der Waals surface area contributed by atoms with Gasteiger partial charge in [0.05, 0.1) is 0 Å². The van der Waals surface area contributed by atoms with E-state index in [9.17, 15) is 4.79 Å². The van der Waals surface area contributed by atoms with Crippen LogP contribution in [0.3, 0.4) is 0 Å². The van der Waals surface area contributed by atoms with E-state index in [2.05, 4.69) is 74.6 Å². The Morgan fingerprint density at radius 3 is 2.12 bits per heavy atom. The molecule has 0 aliphatic heterocycles. The molecule has 0 aliphatic rings. The predicted octanol–water partition coefficient (Wildman–Crippen LogP) is 4.75. The Morgan fingerprint density at radius 1 is 0.958 bits per heavy atom. The van der Waals surface area contributed by atoms with Crippen LogP contribution in [-0.2, 0) is 0 Å². The molecule has 0 saturated heterocycles. The minimum atomic E-state index is -0.00328. The Hall–Kier alpha value is -2.29. The lowest BCUT2D eigenvalue weighted by Crippen LogP contribution is -2.40. The van der Waals surface area contributed by atoms with Gasteiger partial charge in [-0.15, -0.1) is 0 Å². The summed E-state index contributed by atoms with van der Waals surface area (Å²) < 4.78 is 0. The summed E-state index contributed by atoms with van der Waals surface area (Å²) in [6.07, 6.45) is 0. The molecule has 0 heterocycles. The van der Waals surface area contributed by atoms with Crippen LogP contribution in [0.25, 0.3) is 11.1 Å². The zero-order valence-electron chi connectivity index (χ0n) is 15.1. The largest absolute Gasteiger partial charge is 0.337 e. The van der Waals surface area contributed by atoms with Crippen LogP contribution in [0.2, 0.25) is 0 Å². The summed E-state index contributed by atoms with van der Waals surface area (Å²) >= 11 is 0. The Bertz CT molecular complexity index is 635.